The molecule has 2 aromatic carbocycles. The van der Waals surface area contributed by atoms with Crippen LogP contribution in [0.5, 0.6) is 0 Å². The fourth-order valence-electron chi connectivity index (χ4n) is 2.34. The van der Waals surface area contributed by atoms with Crippen molar-refractivity contribution in [3.8, 4) is 11.3 Å². The molecule has 1 aromatic heterocycles. The first-order chi connectivity index (χ1) is 10.2. The van der Waals surface area contributed by atoms with Crippen molar-refractivity contribution in [1.82, 2.24) is 9.55 Å². The highest BCUT2D eigenvalue weighted by Crippen LogP contribution is 2.21. The third-order valence-corrected chi connectivity index (χ3v) is 3.63. The van der Waals surface area contributed by atoms with E-state index in [1.807, 2.05) is 31.4 Å². The van der Waals surface area contributed by atoms with E-state index in [4.69, 9.17) is 0 Å². The number of rotatable bonds is 4. The van der Waals surface area contributed by atoms with Gasteiger partial charge in [0.15, 0.2) is 0 Å². The van der Waals surface area contributed by atoms with E-state index in [1.54, 1.807) is 0 Å². The monoisotopic (exact) mass is 277 g/mol. The Balaban J connectivity index is 1.75. The zero-order chi connectivity index (χ0) is 14.7. The van der Waals surface area contributed by atoms with Crippen molar-refractivity contribution >= 4 is 5.95 Å². The Bertz CT molecular complexity index is 712. The molecule has 0 radical (unpaired) electrons. The molecule has 0 bridgehead atoms. The minimum Gasteiger partial charge on any atom is -0.352 e. The quantitative estimate of drug-likeness (QED) is 0.781. The van der Waals surface area contributed by atoms with Crippen LogP contribution in [-0.2, 0) is 13.6 Å². The SMILES string of the molecule is Cc1ccc(CNc2ncc(-c3ccccc3)n2C)cc1. The summed E-state index contributed by atoms with van der Waals surface area (Å²) >= 11 is 0. The number of imidazole rings is 1. The lowest BCUT2D eigenvalue weighted by Gasteiger charge is -2.08. The zero-order valence-corrected chi connectivity index (χ0v) is 12.4. The van der Waals surface area contributed by atoms with E-state index in [2.05, 4.69) is 58.2 Å². The van der Waals surface area contributed by atoms with Gasteiger partial charge in [0, 0.05) is 13.6 Å². The van der Waals surface area contributed by atoms with Crippen LogP contribution < -0.4 is 5.32 Å². The molecule has 106 valence electrons. The summed E-state index contributed by atoms with van der Waals surface area (Å²) in [4.78, 5) is 4.48. The van der Waals surface area contributed by atoms with Crippen molar-refractivity contribution in [2.45, 2.75) is 13.5 Å². The molecule has 0 aliphatic carbocycles. The van der Waals surface area contributed by atoms with E-state index in [0.717, 1.165) is 18.2 Å². The highest BCUT2D eigenvalue weighted by atomic mass is 15.2. The highest BCUT2D eigenvalue weighted by molar-refractivity contribution is 5.61. The highest BCUT2D eigenvalue weighted by Gasteiger charge is 2.07. The molecule has 0 atom stereocenters. The van der Waals surface area contributed by atoms with Crippen molar-refractivity contribution in [1.29, 1.82) is 0 Å². The summed E-state index contributed by atoms with van der Waals surface area (Å²) in [5.74, 6) is 0.884. The molecular formula is C18H19N3. The van der Waals surface area contributed by atoms with Crippen LogP contribution >= 0.6 is 0 Å². The van der Waals surface area contributed by atoms with Crippen LogP contribution in [0.25, 0.3) is 11.3 Å². The Morgan fingerprint density at radius 3 is 2.43 bits per heavy atom. The number of anilines is 1. The Hall–Kier alpha value is -2.55. The average molecular weight is 277 g/mol. The minimum absolute atomic E-state index is 0.777. The van der Waals surface area contributed by atoms with Crippen LogP contribution in [0, 0.1) is 6.92 Å². The van der Waals surface area contributed by atoms with Crippen LogP contribution in [0.3, 0.4) is 0 Å². The number of nitrogens with one attached hydrogen (secondary N) is 1. The normalized spacial score (nSPS) is 10.6. The molecule has 21 heavy (non-hydrogen) atoms. The lowest BCUT2D eigenvalue weighted by Crippen LogP contribution is -2.05. The number of aryl methyl sites for hydroxylation is 1. The largest absolute Gasteiger partial charge is 0.352 e. The van der Waals surface area contributed by atoms with Crippen molar-refractivity contribution in [3.05, 3.63) is 71.9 Å². The van der Waals surface area contributed by atoms with E-state index in [0.29, 0.717) is 0 Å². The van der Waals surface area contributed by atoms with Gasteiger partial charge in [-0.2, -0.15) is 0 Å². The molecule has 0 aliphatic heterocycles. The first-order valence-electron chi connectivity index (χ1n) is 7.10. The first kappa shape index (κ1) is 13.4. The predicted octanol–water partition coefficient (Wildman–Crippen LogP) is 4.01. The summed E-state index contributed by atoms with van der Waals surface area (Å²) in [7, 11) is 2.03. The Labute approximate surface area is 125 Å². The second kappa shape index (κ2) is 5.83. The van der Waals surface area contributed by atoms with E-state index >= 15 is 0 Å². The Morgan fingerprint density at radius 1 is 1.00 bits per heavy atom. The molecule has 0 saturated heterocycles. The molecule has 3 rings (SSSR count). The third-order valence-electron chi connectivity index (χ3n) is 3.63. The van der Waals surface area contributed by atoms with E-state index in [1.165, 1.54) is 16.7 Å². The van der Waals surface area contributed by atoms with Crippen molar-refractivity contribution in [2.75, 3.05) is 5.32 Å². The van der Waals surface area contributed by atoms with Gasteiger partial charge in [0.05, 0.1) is 11.9 Å². The number of hydrogen-bond donors (Lipinski definition) is 1. The average Bonchev–Trinajstić information content (AvgIpc) is 2.89. The van der Waals surface area contributed by atoms with Gasteiger partial charge in [0.25, 0.3) is 0 Å². The Kier molecular flexibility index (Phi) is 3.73. The maximum Gasteiger partial charge on any atom is 0.203 e. The van der Waals surface area contributed by atoms with Crippen molar-refractivity contribution in [3.63, 3.8) is 0 Å². The zero-order valence-electron chi connectivity index (χ0n) is 12.4. The van der Waals surface area contributed by atoms with Gasteiger partial charge in [-0.3, -0.25) is 0 Å². The predicted molar refractivity (Wildman–Crippen MR) is 87.1 cm³/mol. The van der Waals surface area contributed by atoms with Gasteiger partial charge in [0.2, 0.25) is 5.95 Å². The molecule has 0 fully saturated rings. The molecule has 1 heterocycles. The van der Waals surface area contributed by atoms with Crippen LogP contribution in [0.1, 0.15) is 11.1 Å². The number of aromatic nitrogens is 2. The number of nitrogens with zero attached hydrogens (tertiary/aromatic N) is 2. The molecule has 3 aromatic rings. The second-order valence-corrected chi connectivity index (χ2v) is 5.23. The smallest absolute Gasteiger partial charge is 0.203 e. The summed E-state index contributed by atoms with van der Waals surface area (Å²) in [6.45, 7) is 2.88. The van der Waals surface area contributed by atoms with Gasteiger partial charge in [-0.25, -0.2) is 4.98 Å². The number of hydrogen-bond acceptors (Lipinski definition) is 2. The van der Waals surface area contributed by atoms with Crippen LogP contribution in [0.15, 0.2) is 60.8 Å². The summed E-state index contributed by atoms with van der Waals surface area (Å²) in [6.07, 6.45) is 1.91. The van der Waals surface area contributed by atoms with Gasteiger partial charge in [-0.15, -0.1) is 0 Å². The maximum absolute atomic E-state index is 4.48. The van der Waals surface area contributed by atoms with Gasteiger partial charge in [-0.05, 0) is 18.1 Å². The van der Waals surface area contributed by atoms with Gasteiger partial charge in [0.1, 0.15) is 0 Å². The lowest BCUT2D eigenvalue weighted by atomic mass is 10.1. The van der Waals surface area contributed by atoms with Crippen LogP contribution in [0.2, 0.25) is 0 Å². The minimum atomic E-state index is 0.777. The van der Waals surface area contributed by atoms with Gasteiger partial charge >= 0.3 is 0 Å². The summed E-state index contributed by atoms with van der Waals surface area (Å²) < 4.78 is 2.09. The Morgan fingerprint density at radius 2 is 1.71 bits per heavy atom. The molecule has 3 nitrogen and oxygen atoms in total. The molecular weight excluding hydrogens is 258 g/mol. The molecule has 0 amide bonds. The maximum atomic E-state index is 4.48. The lowest BCUT2D eigenvalue weighted by molar-refractivity contribution is 0.906. The summed E-state index contributed by atoms with van der Waals surface area (Å²) in [5.41, 5.74) is 4.82. The summed E-state index contributed by atoms with van der Waals surface area (Å²) in [5, 5.41) is 3.39. The first-order valence-corrected chi connectivity index (χ1v) is 7.10. The van der Waals surface area contributed by atoms with E-state index in [9.17, 15) is 0 Å². The van der Waals surface area contributed by atoms with Crippen LogP contribution in [-0.4, -0.2) is 9.55 Å². The molecule has 3 heteroatoms. The second-order valence-electron chi connectivity index (χ2n) is 5.23. The summed E-state index contributed by atoms with van der Waals surface area (Å²) in [6, 6.07) is 18.9. The molecule has 0 aliphatic rings. The van der Waals surface area contributed by atoms with Crippen molar-refractivity contribution in [2.24, 2.45) is 7.05 Å². The topological polar surface area (TPSA) is 29.9 Å². The van der Waals surface area contributed by atoms with Crippen LogP contribution in [0.4, 0.5) is 5.95 Å². The number of benzene rings is 2. The van der Waals surface area contributed by atoms with E-state index in [-0.39, 0.29) is 0 Å². The standard InChI is InChI=1S/C18H19N3/c1-14-8-10-15(11-9-14)12-19-18-20-13-17(21(18)2)16-6-4-3-5-7-16/h3-11,13H,12H2,1-2H3,(H,19,20). The van der Waals surface area contributed by atoms with E-state index < -0.39 is 0 Å². The van der Waals surface area contributed by atoms with Gasteiger partial charge < -0.3 is 9.88 Å². The third kappa shape index (κ3) is 2.97. The molecule has 0 spiro atoms. The molecule has 0 unspecified atom stereocenters. The molecule has 0 saturated carbocycles. The fraction of sp³-hybridized carbons (Fsp3) is 0.167. The molecule has 1 N–H and O–H groups in total. The van der Waals surface area contributed by atoms with Gasteiger partial charge in [-0.1, -0.05) is 60.2 Å². The van der Waals surface area contributed by atoms with Crippen molar-refractivity contribution < 1.29 is 0 Å². The fourth-order valence-corrected chi connectivity index (χ4v) is 2.34.